The van der Waals surface area contributed by atoms with Crippen molar-refractivity contribution >= 4 is 22.5 Å². The second-order valence-corrected chi connectivity index (χ2v) is 12.0. The van der Waals surface area contributed by atoms with Crippen LogP contribution in [-0.4, -0.2) is 48.7 Å². The SMILES string of the molecule is COc1ccc(N2CCN(C(=O)CC(c3cccc(Oc4ccccc4)c3)c3cn(Cc4ccccc4)c4ccccc34)CC2)cc1. The maximum atomic E-state index is 14.1. The summed E-state index contributed by atoms with van der Waals surface area (Å²) in [6, 6.07) is 45.3. The fraction of sp³-hybridized carbons (Fsp3) is 0.195. The Labute approximate surface area is 276 Å². The Hall–Kier alpha value is -5.49. The summed E-state index contributed by atoms with van der Waals surface area (Å²) in [5.74, 6) is 2.40. The van der Waals surface area contributed by atoms with Crippen LogP contribution in [0.2, 0.25) is 0 Å². The normalized spacial score (nSPS) is 13.8. The van der Waals surface area contributed by atoms with Gasteiger partial charge in [-0.1, -0.05) is 78.9 Å². The van der Waals surface area contributed by atoms with Crippen molar-refractivity contribution in [1.29, 1.82) is 0 Å². The third-order valence-electron chi connectivity index (χ3n) is 9.08. The summed E-state index contributed by atoms with van der Waals surface area (Å²) < 4.78 is 13.9. The van der Waals surface area contributed by atoms with Gasteiger partial charge in [0.15, 0.2) is 0 Å². The van der Waals surface area contributed by atoms with Crippen molar-refractivity contribution in [3.05, 3.63) is 156 Å². The summed E-state index contributed by atoms with van der Waals surface area (Å²) in [5, 5.41) is 1.17. The van der Waals surface area contributed by atoms with Gasteiger partial charge < -0.3 is 23.8 Å². The number of fused-ring (bicyclic) bond motifs is 1. The van der Waals surface area contributed by atoms with E-state index in [4.69, 9.17) is 9.47 Å². The number of methoxy groups -OCH3 is 1. The third kappa shape index (κ3) is 6.87. The minimum atomic E-state index is -0.150. The Morgan fingerprint density at radius 3 is 2.13 bits per heavy atom. The van der Waals surface area contributed by atoms with E-state index in [1.807, 2.05) is 65.6 Å². The molecule has 47 heavy (non-hydrogen) atoms. The highest BCUT2D eigenvalue weighted by molar-refractivity contribution is 5.87. The molecule has 1 amide bonds. The number of hydrogen-bond donors (Lipinski definition) is 0. The first-order valence-electron chi connectivity index (χ1n) is 16.3. The van der Waals surface area contributed by atoms with Gasteiger partial charge in [0, 0.05) is 67.8 Å². The molecule has 236 valence electrons. The summed E-state index contributed by atoms with van der Waals surface area (Å²) >= 11 is 0. The van der Waals surface area contributed by atoms with Crippen LogP contribution < -0.4 is 14.4 Å². The van der Waals surface area contributed by atoms with Gasteiger partial charge in [0.2, 0.25) is 5.91 Å². The number of carbonyl (C=O) groups is 1. The number of piperazine rings is 1. The van der Waals surface area contributed by atoms with Gasteiger partial charge in [-0.2, -0.15) is 0 Å². The van der Waals surface area contributed by atoms with Crippen LogP contribution in [0.3, 0.4) is 0 Å². The molecule has 0 N–H and O–H groups in total. The van der Waals surface area contributed by atoms with Gasteiger partial charge in [-0.15, -0.1) is 0 Å². The maximum Gasteiger partial charge on any atom is 0.223 e. The lowest BCUT2D eigenvalue weighted by molar-refractivity contribution is -0.131. The lowest BCUT2D eigenvalue weighted by atomic mass is 9.87. The number of nitrogens with zero attached hydrogens (tertiary/aromatic N) is 3. The first kappa shape index (κ1) is 30.2. The minimum Gasteiger partial charge on any atom is -0.497 e. The molecule has 1 aliphatic rings. The molecule has 6 nitrogen and oxygen atoms in total. The Morgan fingerprint density at radius 2 is 1.38 bits per heavy atom. The van der Waals surface area contributed by atoms with Crippen molar-refractivity contribution < 1.29 is 14.3 Å². The number of para-hydroxylation sites is 2. The third-order valence-corrected chi connectivity index (χ3v) is 9.08. The average molecular weight is 622 g/mol. The van der Waals surface area contributed by atoms with Crippen LogP contribution in [0.15, 0.2) is 140 Å². The van der Waals surface area contributed by atoms with E-state index in [-0.39, 0.29) is 11.8 Å². The van der Waals surface area contributed by atoms with Crippen LogP contribution in [0.5, 0.6) is 17.2 Å². The van der Waals surface area contributed by atoms with Crippen LogP contribution in [0.1, 0.15) is 29.0 Å². The second-order valence-electron chi connectivity index (χ2n) is 12.0. The van der Waals surface area contributed by atoms with Crippen molar-refractivity contribution in [2.75, 3.05) is 38.2 Å². The van der Waals surface area contributed by atoms with Gasteiger partial charge in [0.25, 0.3) is 0 Å². The molecule has 1 unspecified atom stereocenters. The highest BCUT2D eigenvalue weighted by Crippen LogP contribution is 2.37. The fourth-order valence-corrected chi connectivity index (χ4v) is 6.60. The summed E-state index contributed by atoms with van der Waals surface area (Å²) in [7, 11) is 1.68. The van der Waals surface area contributed by atoms with Crippen LogP contribution in [0.25, 0.3) is 10.9 Å². The van der Waals surface area contributed by atoms with Crippen LogP contribution in [0.4, 0.5) is 5.69 Å². The van der Waals surface area contributed by atoms with Crippen LogP contribution >= 0.6 is 0 Å². The first-order valence-corrected chi connectivity index (χ1v) is 16.3. The van der Waals surface area contributed by atoms with Gasteiger partial charge >= 0.3 is 0 Å². The molecule has 1 aromatic heterocycles. The molecule has 5 aromatic carbocycles. The van der Waals surface area contributed by atoms with E-state index in [0.717, 1.165) is 59.2 Å². The highest BCUT2D eigenvalue weighted by Gasteiger charge is 2.28. The van der Waals surface area contributed by atoms with Crippen LogP contribution in [0, 0.1) is 0 Å². The standard InChI is InChI=1S/C41H39N3O3/c1-46-34-21-19-33(20-22-34)42-23-25-43(26-24-42)41(45)28-38(32-13-10-16-36(27-32)47-35-14-6-3-7-15-35)39-30-44(29-31-11-4-2-5-12-31)40-18-9-8-17-37(39)40/h2-22,27,30,38H,23-26,28-29H2,1H3. The molecule has 6 aromatic rings. The summed E-state index contributed by atoms with van der Waals surface area (Å²) in [5.41, 5.74) is 5.76. The van der Waals surface area contributed by atoms with E-state index in [1.165, 1.54) is 10.9 Å². The van der Waals surface area contributed by atoms with Crippen molar-refractivity contribution in [2.45, 2.75) is 18.9 Å². The highest BCUT2D eigenvalue weighted by atomic mass is 16.5. The first-order chi connectivity index (χ1) is 23.1. The molecule has 1 saturated heterocycles. The molecular formula is C41H39N3O3. The van der Waals surface area contributed by atoms with E-state index >= 15 is 0 Å². The zero-order valence-corrected chi connectivity index (χ0v) is 26.7. The maximum absolute atomic E-state index is 14.1. The van der Waals surface area contributed by atoms with E-state index in [9.17, 15) is 4.79 Å². The van der Waals surface area contributed by atoms with Crippen molar-refractivity contribution in [3.8, 4) is 17.2 Å². The van der Waals surface area contributed by atoms with E-state index in [1.54, 1.807) is 7.11 Å². The second kappa shape index (κ2) is 13.9. The molecular weight excluding hydrogens is 582 g/mol. The number of aromatic nitrogens is 1. The molecule has 0 radical (unpaired) electrons. The minimum absolute atomic E-state index is 0.150. The number of hydrogen-bond acceptors (Lipinski definition) is 4. The number of rotatable bonds is 10. The molecule has 0 aliphatic carbocycles. The topological polar surface area (TPSA) is 46.9 Å². The Morgan fingerprint density at radius 1 is 0.702 bits per heavy atom. The largest absolute Gasteiger partial charge is 0.497 e. The van der Waals surface area contributed by atoms with Gasteiger partial charge in [-0.3, -0.25) is 4.79 Å². The number of carbonyl (C=O) groups excluding carboxylic acids is 1. The monoisotopic (exact) mass is 621 g/mol. The molecule has 0 saturated carbocycles. The predicted molar refractivity (Wildman–Crippen MR) is 189 cm³/mol. The number of anilines is 1. The summed E-state index contributed by atoms with van der Waals surface area (Å²) in [4.78, 5) is 18.5. The molecule has 1 fully saturated rings. The van der Waals surface area contributed by atoms with Crippen LogP contribution in [-0.2, 0) is 11.3 Å². The van der Waals surface area contributed by atoms with Crippen molar-refractivity contribution in [1.82, 2.24) is 9.47 Å². The van der Waals surface area contributed by atoms with E-state index < -0.39 is 0 Å². The van der Waals surface area contributed by atoms with Crippen molar-refractivity contribution in [2.24, 2.45) is 0 Å². The predicted octanol–water partition coefficient (Wildman–Crippen LogP) is 8.36. The number of amides is 1. The fourth-order valence-electron chi connectivity index (χ4n) is 6.60. The summed E-state index contributed by atoms with van der Waals surface area (Å²) in [6.45, 7) is 3.71. The smallest absolute Gasteiger partial charge is 0.223 e. The summed E-state index contributed by atoms with van der Waals surface area (Å²) in [6.07, 6.45) is 2.62. The molecule has 0 spiro atoms. The zero-order valence-electron chi connectivity index (χ0n) is 26.7. The zero-order chi connectivity index (χ0) is 32.0. The molecule has 1 atom stereocenters. The molecule has 0 bridgehead atoms. The van der Waals surface area contributed by atoms with E-state index in [0.29, 0.717) is 19.5 Å². The number of ether oxygens (including phenoxy) is 2. The molecule has 2 heterocycles. The van der Waals surface area contributed by atoms with Gasteiger partial charge in [0.1, 0.15) is 17.2 Å². The molecule has 1 aliphatic heterocycles. The van der Waals surface area contributed by atoms with E-state index in [2.05, 4.69) is 88.5 Å². The lowest BCUT2D eigenvalue weighted by Crippen LogP contribution is -2.49. The van der Waals surface area contributed by atoms with Gasteiger partial charge in [-0.25, -0.2) is 0 Å². The Kier molecular flexibility index (Phi) is 8.91. The van der Waals surface area contributed by atoms with Crippen molar-refractivity contribution in [3.63, 3.8) is 0 Å². The quantitative estimate of drug-likeness (QED) is 0.154. The number of benzene rings is 5. The Balaban J connectivity index is 1.19. The molecule has 6 heteroatoms. The lowest BCUT2D eigenvalue weighted by Gasteiger charge is -2.36. The Bertz CT molecular complexity index is 1930. The average Bonchev–Trinajstić information content (AvgIpc) is 3.49. The van der Waals surface area contributed by atoms with Gasteiger partial charge in [0.05, 0.1) is 7.11 Å². The molecule has 7 rings (SSSR count). The van der Waals surface area contributed by atoms with Gasteiger partial charge in [-0.05, 0) is 71.3 Å².